The third-order valence-electron chi connectivity index (χ3n) is 5.68. The average Bonchev–Trinajstić information content (AvgIpc) is 2.56. The molecule has 2 unspecified atom stereocenters. The largest absolute Gasteiger partial charge is 0.382 e. The maximum absolute atomic E-state index is 3.60. The van der Waals surface area contributed by atoms with E-state index in [1.807, 2.05) is 0 Å². The lowest BCUT2D eigenvalue weighted by Gasteiger charge is -2.29. The second-order valence-electron chi connectivity index (χ2n) is 10.0. The Balaban J connectivity index is 1.95. The Morgan fingerprint density at radius 3 is 1.15 bits per heavy atom. The molecule has 148 valence electrons. The van der Waals surface area contributed by atoms with Crippen LogP contribution in [0.25, 0.3) is 0 Å². The highest BCUT2D eigenvalue weighted by atomic mass is 14.9. The van der Waals surface area contributed by atoms with Gasteiger partial charge in [-0.3, -0.25) is 0 Å². The van der Waals surface area contributed by atoms with E-state index in [9.17, 15) is 0 Å². The van der Waals surface area contributed by atoms with Crippen LogP contribution in [0.2, 0.25) is 0 Å². The second kappa shape index (κ2) is 8.37. The third kappa shape index (κ3) is 6.61. The summed E-state index contributed by atoms with van der Waals surface area (Å²) in [6, 6.07) is 18.5. The quantitative estimate of drug-likeness (QED) is 0.577. The molecule has 0 aliphatic rings. The van der Waals surface area contributed by atoms with Crippen molar-refractivity contribution in [1.82, 2.24) is 0 Å². The highest BCUT2D eigenvalue weighted by Crippen LogP contribution is 2.25. The van der Waals surface area contributed by atoms with Gasteiger partial charge in [0.25, 0.3) is 0 Å². The molecule has 2 aromatic carbocycles. The van der Waals surface area contributed by atoms with Crippen molar-refractivity contribution in [2.75, 3.05) is 10.6 Å². The highest BCUT2D eigenvalue weighted by Gasteiger charge is 2.20. The van der Waals surface area contributed by atoms with Crippen molar-refractivity contribution in [3.05, 3.63) is 59.7 Å². The van der Waals surface area contributed by atoms with Crippen LogP contribution in [-0.4, -0.2) is 12.1 Å². The summed E-state index contributed by atoms with van der Waals surface area (Å²) in [6.07, 6.45) is 0.963. The van der Waals surface area contributed by atoms with Crippen LogP contribution in [0.1, 0.15) is 66.5 Å². The molecular weight excluding hydrogens is 328 g/mol. The van der Waals surface area contributed by atoms with Gasteiger partial charge in [-0.15, -0.1) is 0 Å². The van der Waals surface area contributed by atoms with Gasteiger partial charge in [-0.1, -0.05) is 65.8 Å². The van der Waals surface area contributed by atoms with Gasteiger partial charge >= 0.3 is 0 Å². The van der Waals surface area contributed by atoms with Crippen LogP contribution in [0.3, 0.4) is 0 Å². The summed E-state index contributed by atoms with van der Waals surface area (Å²) in [4.78, 5) is 0. The van der Waals surface area contributed by atoms with Crippen molar-refractivity contribution >= 4 is 11.4 Å². The zero-order chi connectivity index (χ0) is 20.2. The Morgan fingerprint density at radius 1 is 0.593 bits per heavy atom. The molecule has 2 heteroatoms. The minimum atomic E-state index is 0.249. The maximum atomic E-state index is 3.60. The third-order valence-corrected chi connectivity index (χ3v) is 5.68. The summed E-state index contributed by atoms with van der Waals surface area (Å²) in [6.45, 7) is 18.1. The summed E-state index contributed by atoms with van der Waals surface area (Å²) in [7, 11) is 0. The van der Waals surface area contributed by atoms with Crippen molar-refractivity contribution in [3.63, 3.8) is 0 Å². The molecule has 0 spiro atoms. The van der Waals surface area contributed by atoms with Gasteiger partial charge in [0.05, 0.1) is 0 Å². The van der Waals surface area contributed by atoms with Crippen LogP contribution in [0.15, 0.2) is 48.5 Å². The normalized spacial score (nSPS) is 14.5. The average molecular weight is 367 g/mol. The van der Waals surface area contributed by atoms with Crippen molar-refractivity contribution in [1.29, 1.82) is 0 Å². The molecule has 0 amide bonds. The Morgan fingerprint density at radius 2 is 0.889 bits per heavy atom. The first-order valence-corrected chi connectivity index (χ1v) is 10.2. The minimum absolute atomic E-state index is 0.249. The molecule has 2 nitrogen and oxygen atoms in total. The van der Waals surface area contributed by atoms with Crippen LogP contribution in [0, 0.1) is 10.8 Å². The van der Waals surface area contributed by atoms with Gasteiger partial charge in [0.15, 0.2) is 0 Å². The lowest BCUT2D eigenvalue weighted by Crippen LogP contribution is -2.30. The van der Waals surface area contributed by atoms with Gasteiger partial charge in [0.1, 0.15) is 0 Å². The van der Waals surface area contributed by atoms with E-state index in [1.54, 1.807) is 0 Å². The fourth-order valence-electron chi connectivity index (χ4n) is 2.61. The molecule has 0 radical (unpaired) electrons. The maximum Gasteiger partial charge on any atom is 0.0342 e. The van der Waals surface area contributed by atoms with Gasteiger partial charge in [0, 0.05) is 23.5 Å². The lowest BCUT2D eigenvalue weighted by atomic mass is 9.88. The molecule has 2 atom stereocenters. The minimum Gasteiger partial charge on any atom is -0.382 e. The fraction of sp³-hybridized carbons (Fsp3) is 0.520. The SMILES string of the molecule is CC(Nc1ccc(Cc2ccc(NC(C)C(C)(C)C)cc2)cc1)C(C)(C)C. The Labute approximate surface area is 166 Å². The zero-order valence-electron chi connectivity index (χ0n) is 18.5. The van der Waals surface area contributed by atoms with E-state index in [0.29, 0.717) is 12.1 Å². The van der Waals surface area contributed by atoms with Gasteiger partial charge in [-0.05, 0) is 66.5 Å². The standard InChI is InChI=1S/C25H38N2/c1-18(24(3,4)5)26-22-13-9-20(10-14-22)17-21-11-15-23(16-12-21)27-19(2)25(6,7)8/h9-16,18-19,26-27H,17H2,1-8H3. The second-order valence-corrected chi connectivity index (χ2v) is 10.0. The molecule has 2 aromatic rings. The van der Waals surface area contributed by atoms with E-state index < -0.39 is 0 Å². The number of hydrogen-bond acceptors (Lipinski definition) is 2. The van der Waals surface area contributed by atoms with Gasteiger partial charge in [0.2, 0.25) is 0 Å². The number of hydrogen-bond donors (Lipinski definition) is 2. The van der Waals surface area contributed by atoms with Crippen LogP contribution in [0.4, 0.5) is 11.4 Å². The molecule has 2 N–H and O–H groups in total. The molecule has 0 heterocycles. The smallest absolute Gasteiger partial charge is 0.0342 e. The predicted molar refractivity (Wildman–Crippen MR) is 121 cm³/mol. The first-order valence-electron chi connectivity index (χ1n) is 10.2. The van der Waals surface area contributed by atoms with E-state index in [1.165, 1.54) is 22.5 Å². The molecule has 2 rings (SSSR count). The number of benzene rings is 2. The topological polar surface area (TPSA) is 24.1 Å². The molecular formula is C25H38N2. The summed E-state index contributed by atoms with van der Waals surface area (Å²) >= 11 is 0. The molecule has 0 aliphatic heterocycles. The Hall–Kier alpha value is -1.96. The lowest BCUT2D eigenvalue weighted by molar-refractivity contribution is 0.359. The van der Waals surface area contributed by atoms with Gasteiger partial charge in [-0.25, -0.2) is 0 Å². The van der Waals surface area contributed by atoms with Crippen molar-refractivity contribution in [2.45, 2.75) is 73.9 Å². The molecule has 0 bridgehead atoms. The van der Waals surface area contributed by atoms with E-state index in [-0.39, 0.29) is 10.8 Å². The van der Waals surface area contributed by atoms with Crippen LogP contribution in [0.5, 0.6) is 0 Å². The number of anilines is 2. The van der Waals surface area contributed by atoms with Crippen molar-refractivity contribution < 1.29 is 0 Å². The van der Waals surface area contributed by atoms with Crippen LogP contribution >= 0.6 is 0 Å². The van der Waals surface area contributed by atoms with Crippen molar-refractivity contribution in [3.8, 4) is 0 Å². The van der Waals surface area contributed by atoms with Crippen molar-refractivity contribution in [2.24, 2.45) is 10.8 Å². The molecule has 27 heavy (non-hydrogen) atoms. The van der Waals surface area contributed by atoms with E-state index in [4.69, 9.17) is 0 Å². The molecule has 0 fully saturated rings. The first kappa shape index (κ1) is 21.3. The van der Waals surface area contributed by atoms with Gasteiger partial charge < -0.3 is 10.6 Å². The predicted octanol–water partition coefficient (Wildman–Crippen LogP) is 6.97. The fourth-order valence-corrected chi connectivity index (χ4v) is 2.61. The molecule has 0 saturated carbocycles. The van der Waals surface area contributed by atoms with Crippen LogP contribution in [-0.2, 0) is 6.42 Å². The molecule has 0 aromatic heterocycles. The summed E-state index contributed by atoms with van der Waals surface area (Å²) in [5, 5.41) is 7.20. The molecule has 0 saturated heterocycles. The van der Waals surface area contributed by atoms with Gasteiger partial charge in [-0.2, -0.15) is 0 Å². The summed E-state index contributed by atoms with van der Waals surface area (Å²) in [5.74, 6) is 0. The molecule has 0 aliphatic carbocycles. The summed E-state index contributed by atoms with van der Waals surface area (Å²) < 4.78 is 0. The highest BCUT2D eigenvalue weighted by molar-refractivity contribution is 5.48. The Kier molecular flexibility index (Phi) is 6.62. The van der Waals surface area contributed by atoms with E-state index in [0.717, 1.165) is 6.42 Å². The van der Waals surface area contributed by atoms with E-state index in [2.05, 4.69) is 115 Å². The van der Waals surface area contributed by atoms with E-state index >= 15 is 0 Å². The Bertz CT molecular complexity index is 636. The van der Waals surface area contributed by atoms with Crippen LogP contribution < -0.4 is 10.6 Å². The first-order chi connectivity index (χ1) is 12.4. The summed E-state index contributed by atoms with van der Waals surface area (Å²) in [5.41, 5.74) is 5.56. The zero-order valence-corrected chi connectivity index (χ0v) is 18.5. The monoisotopic (exact) mass is 366 g/mol. The number of nitrogens with one attached hydrogen (secondary N) is 2. The number of rotatable bonds is 6.